The van der Waals surface area contributed by atoms with Crippen molar-refractivity contribution in [2.45, 2.75) is 117 Å². The smallest absolute Gasteiger partial charge is 0.412 e. The molecule has 4 aliphatic rings. The molecular formula is C23H39NO4. The molecule has 1 amide bonds. The summed E-state index contributed by atoms with van der Waals surface area (Å²) in [5.74, 6) is 0.636. The van der Waals surface area contributed by atoms with Gasteiger partial charge in [-0.2, -0.15) is 0 Å². The number of nitrogens with zero attached hydrogens (tertiary/aromatic N) is 1. The topological polar surface area (TPSA) is 59.0 Å². The maximum absolute atomic E-state index is 13.3. The molecule has 4 rings (SSSR count). The summed E-state index contributed by atoms with van der Waals surface area (Å²) in [7, 11) is 0. The standard InChI is InChI=1S/C23H39NO4/c1-21(2,3)28-20(26)24-18-17(15-12-13-23(18,6)22(15,4)5)27-19(24)16(25)14-10-8-7-9-11-14/h14-19,25H,7-13H2,1-6H3/t15-,16-,17+,18+,19-,23-/m0/s1. The molecule has 0 radical (unpaired) electrons. The Bertz CT molecular complexity index is 621. The van der Waals surface area contributed by atoms with E-state index in [2.05, 4.69) is 20.8 Å². The number of carbonyl (C=O) groups excluding carboxylic acids is 1. The second-order valence-electron chi connectivity index (χ2n) is 11.5. The van der Waals surface area contributed by atoms with E-state index in [1.54, 1.807) is 0 Å². The van der Waals surface area contributed by atoms with Crippen molar-refractivity contribution >= 4 is 6.09 Å². The van der Waals surface area contributed by atoms with Crippen LogP contribution in [0, 0.1) is 22.7 Å². The van der Waals surface area contributed by atoms with Crippen LogP contribution in [0.3, 0.4) is 0 Å². The first-order valence-corrected chi connectivity index (χ1v) is 11.3. The number of hydrogen-bond donors (Lipinski definition) is 1. The number of aliphatic hydroxyl groups excluding tert-OH is 1. The quantitative estimate of drug-likeness (QED) is 0.738. The minimum Gasteiger partial charge on any atom is -0.444 e. The lowest BCUT2D eigenvalue weighted by molar-refractivity contribution is -0.123. The van der Waals surface area contributed by atoms with E-state index in [0.29, 0.717) is 5.92 Å². The predicted molar refractivity (Wildman–Crippen MR) is 108 cm³/mol. The molecule has 0 unspecified atom stereocenters. The van der Waals surface area contributed by atoms with Gasteiger partial charge in [-0.1, -0.05) is 40.0 Å². The van der Waals surface area contributed by atoms with Gasteiger partial charge >= 0.3 is 6.09 Å². The van der Waals surface area contributed by atoms with Gasteiger partial charge in [-0.25, -0.2) is 4.79 Å². The molecule has 1 heterocycles. The van der Waals surface area contributed by atoms with E-state index in [0.717, 1.165) is 38.5 Å². The lowest BCUT2D eigenvalue weighted by Gasteiger charge is -2.44. The van der Waals surface area contributed by atoms with Gasteiger partial charge in [0.25, 0.3) is 0 Å². The SMILES string of the molecule is CC(C)(C)OC(=O)N1[C@H]([C@@H](O)C2CCCCC2)O[C@@H]2[C@@H]3CC[C@@](C)([C@@H]21)C3(C)C. The van der Waals surface area contributed by atoms with Crippen molar-refractivity contribution in [3.8, 4) is 0 Å². The van der Waals surface area contributed by atoms with Gasteiger partial charge in [0.2, 0.25) is 0 Å². The molecule has 5 nitrogen and oxygen atoms in total. The van der Waals surface area contributed by atoms with E-state index >= 15 is 0 Å². The number of amides is 1. The van der Waals surface area contributed by atoms with Crippen LogP contribution in [0.5, 0.6) is 0 Å². The highest BCUT2D eigenvalue weighted by Crippen LogP contribution is 2.69. The molecule has 1 N–H and O–H groups in total. The van der Waals surface area contributed by atoms with Crippen LogP contribution in [0.4, 0.5) is 4.79 Å². The zero-order valence-corrected chi connectivity index (χ0v) is 18.5. The third-order valence-electron chi connectivity index (χ3n) is 8.63. The first-order valence-electron chi connectivity index (χ1n) is 11.3. The lowest BCUT2D eigenvalue weighted by Crippen LogP contribution is -2.56. The Kier molecular flexibility index (Phi) is 4.82. The monoisotopic (exact) mass is 393 g/mol. The van der Waals surface area contributed by atoms with E-state index in [9.17, 15) is 9.90 Å². The van der Waals surface area contributed by atoms with E-state index < -0.39 is 17.9 Å². The molecule has 3 saturated carbocycles. The van der Waals surface area contributed by atoms with Gasteiger partial charge in [0.15, 0.2) is 6.23 Å². The molecule has 28 heavy (non-hydrogen) atoms. The summed E-state index contributed by atoms with van der Waals surface area (Å²) in [6.45, 7) is 12.7. The van der Waals surface area contributed by atoms with Crippen LogP contribution in [-0.4, -0.2) is 46.2 Å². The third-order valence-corrected chi connectivity index (χ3v) is 8.63. The van der Waals surface area contributed by atoms with Crippen molar-refractivity contribution in [2.75, 3.05) is 0 Å². The summed E-state index contributed by atoms with van der Waals surface area (Å²) in [5, 5.41) is 11.3. The summed E-state index contributed by atoms with van der Waals surface area (Å²) in [6.07, 6.45) is 6.28. The van der Waals surface area contributed by atoms with Crippen molar-refractivity contribution in [1.82, 2.24) is 4.90 Å². The minimum atomic E-state index is -0.635. The molecule has 1 aliphatic heterocycles. The number of fused-ring (bicyclic) bond motifs is 5. The Morgan fingerprint density at radius 2 is 1.79 bits per heavy atom. The molecule has 5 heteroatoms. The van der Waals surface area contributed by atoms with Gasteiger partial charge in [0.1, 0.15) is 11.7 Å². The highest BCUT2D eigenvalue weighted by Gasteiger charge is 2.73. The zero-order chi connectivity index (χ0) is 20.5. The minimum absolute atomic E-state index is 0.00417. The van der Waals surface area contributed by atoms with E-state index in [4.69, 9.17) is 9.47 Å². The molecular weight excluding hydrogens is 354 g/mol. The summed E-state index contributed by atoms with van der Waals surface area (Å²) < 4.78 is 12.4. The first-order chi connectivity index (χ1) is 13.0. The number of carbonyl (C=O) groups is 1. The van der Waals surface area contributed by atoms with Crippen LogP contribution in [-0.2, 0) is 9.47 Å². The van der Waals surface area contributed by atoms with Crippen LogP contribution in [0.15, 0.2) is 0 Å². The second-order valence-corrected chi connectivity index (χ2v) is 11.5. The number of hydrogen-bond acceptors (Lipinski definition) is 4. The fourth-order valence-electron chi connectivity index (χ4n) is 6.75. The molecule has 4 fully saturated rings. The molecule has 0 spiro atoms. The molecule has 2 bridgehead atoms. The second kappa shape index (κ2) is 6.60. The van der Waals surface area contributed by atoms with Gasteiger partial charge < -0.3 is 14.6 Å². The fourth-order valence-corrected chi connectivity index (χ4v) is 6.75. The van der Waals surface area contributed by atoms with Crippen molar-refractivity contribution < 1.29 is 19.4 Å². The maximum atomic E-state index is 13.3. The largest absolute Gasteiger partial charge is 0.444 e. The maximum Gasteiger partial charge on any atom is 0.412 e. The van der Waals surface area contributed by atoms with Crippen molar-refractivity contribution in [2.24, 2.45) is 22.7 Å². The lowest BCUT2D eigenvalue weighted by atomic mass is 9.68. The Hall–Kier alpha value is -0.810. The Balaban J connectivity index is 1.66. The van der Waals surface area contributed by atoms with Gasteiger partial charge in [-0.3, -0.25) is 4.90 Å². The van der Waals surface area contributed by atoms with Gasteiger partial charge in [0, 0.05) is 0 Å². The molecule has 1 saturated heterocycles. The third kappa shape index (κ3) is 2.91. The predicted octanol–water partition coefficient (Wildman–Crippen LogP) is 4.71. The summed E-state index contributed by atoms with van der Waals surface area (Å²) in [4.78, 5) is 15.2. The highest BCUT2D eigenvalue weighted by molar-refractivity contribution is 5.70. The fraction of sp³-hybridized carbons (Fsp3) is 0.957. The number of rotatable bonds is 2. The van der Waals surface area contributed by atoms with Crippen LogP contribution < -0.4 is 0 Å². The van der Waals surface area contributed by atoms with E-state index in [-0.39, 0.29) is 35.0 Å². The normalized spacial score (nSPS) is 41.2. The van der Waals surface area contributed by atoms with Crippen LogP contribution in [0.1, 0.15) is 86.5 Å². The summed E-state index contributed by atoms with van der Waals surface area (Å²) in [6, 6.07) is -0.0145. The van der Waals surface area contributed by atoms with Gasteiger partial charge in [-0.05, 0) is 69.1 Å². The first kappa shape index (κ1) is 20.5. The Morgan fingerprint density at radius 3 is 2.39 bits per heavy atom. The molecule has 6 atom stereocenters. The molecule has 0 aromatic carbocycles. The van der Waals surface area contributed by atoms with Crippen molar-refractivity contribution in [1.29, 1.82) is 0 Å². The molecule has 160 valence electrons. The zero-order valence-electron chi connectivity index (χ0n) is 18.5. The summed E-state index contributed by atoms with van der Waals surface area (Å²) >= 11 is 0. The van der Waals surface area contributed by atoms with Crippen LogP contribution in [0.25, 0.3) is 0 Å². The van der Waals surface area contributed by atoms with Crippen LogP contribution in [0.2, 0.25) is 0 Å². The van der Waals surface area contributed by atoms with Gasteiger partial charge in [0.05, 0.1) is 12.1 Å². The van der Waals surface area contributed by atoms with E-state index in [1.807, 2.05) is 25.7 Å². The van der Waals surface area contributed by atoms with Crippen LogP contribution >= 0.6 is 0 Å². The van der Waals surface area contributed by atoms with Crippen molar-refractivity contribution in [3.05, 3.63) is 0 Å². The number of aliphatic hydroxyl groups is 1. The van der Waals surface area contributed by atoms with Crippen molar-refractivity contribution in [3.63, 3.8) is 0 Å². The molecule has 3 aliphatic carbocycles. The van der Waals surface area contributed by atoms with Gasteiger partial charge in [-0.15, -0.1) is 0 Å². The average molecular weight is 394 g/mol. The molecule has 0 aromatic heterocycles. The number of ether oxygens (including phenoxy) is 2. The average Bonchev–Trinajstić information content (AvgIpc) is 3.16. The van der Waals surface area contributed by atoms with E-state index in [1.165, 1.54) is 6.42 Å². The Labute approximate surface area is 170 Å². The Morgan fingerprint density at radius 1 is 1.14 bits per heavy atom. The highest BCUT2D eigenvalue weighted by atomic mass is 16.6. The molecule has 0 aromatic rings. The summed E-state index contributed by atoms with van der Waals surface area (Å²) in [5.41, 5.74) is -0.465.